The molecule has 0 atom stereocenters. The largest absolute Gasteiger partial charge is 0.493 e. The van der Waals surface area contributed by atoms with Crippen molar-refractivity contribution in [2.24, 2.45) is 5.41 Å². The maximum absolute atomic E-state index is 12.3. The Labute approximate surface area is 177 Å². The Morgan fingerprint density at radius 2 is 1.73 bits per heavy atom. The molecule has 0 spiro atoms. The lowest BCUT2D eigenvalue weighted by atomic mass is 9.95. The second-order valence-corrected chi connectivity index (χ2v) is 7.62. The summed E-state index contributed by atoms with van der Waals surface area (Å²) in [4.78, 5) is 24.4. The van der Waals surface area contributed by atoms with Crippen molar-refractivity contribution < 1.29 is 19.1 Å². The van der Waals surface area contributed by atoms with Gasteiger partial charge in [-0.2, -0.15) is 0 Å². The molecular formula is C24H28N2O4. The van der Waals surface area contributed by atoms with Gasteiger partial charge in [-0.1, -0.05) is 45.6 Å². The van der Waals surface area contributed by atoms with E-state index < -0.39 is 5.41 Å². The van der Waals surface area contributed by atoms with E-state index in [4.69, 9.17) is 9.47 Å². The molecule has 6 heteroatoms. The van der Waals surface area contributed by atoms with Gasteiger partial charge in [0.15, 0.2) is 11.5 Å². The van der Waals surface area contributed by atoms with Crippen molar-refractivity contribution in [2.75, 3.05) is 24.4 Å². The Hall–Kier alpha value is -3.54. The SMILES string of the molecule is C=CCOc1ccc(/C=C/C(=O)Nc2cccc(NC(=O)C(C)(C)C)c2)cc1OC. The topological polar surface area (TPSA) is 76.7 Å². The number of carbonyl (C=O) groups excluding carboxylic acids is 2. The van der Waals surface area contributed by atoms with E-state index >= 15 is 0 Å². The van der Waals surface area contributed by atoms with Gasteiger partial charge in [-0.3, -0.25) is 9.59 Å². The maximum Gasteiger partial charge on any atom is 0.248 e. The van der Waals surface area contributed by atoms with Gasteiger partial charge in [0.2, 0.25) is 11.8 Å². The highest BCUT2D eigenvalue weighted by Crippen LogP contribution is 2.28. The van der Waals surface area contributed by atoms with Crippen LogP contribution in [0.4, 0.5) is 11.4 Å². The van der Waals surface area contributed by atoms with E-state index in [1.807, 2.05) is 26.8 Å². The van der Waals surface area contributed by atoms with Crippen LogP contribution in [0.5, 0.6) is 11.5 Å². The summed E-state index contributed by atoms with van der Waals surface area (Å²) in [5, 5.41) is 5.63. The molecule has 0 aromatic heterocycles. The number of rotatable bonds is 8. The van der Waals surface area contributed by atoms with E-state index in [1.54, 1.807) is 55.7 Å². The van der Waals surface area contributed by atoms with Crippen LogP contribution >= 0.6 is 0 Å². The number of nitrogens with one attached hydrogen (secondary N) is 2. The van der Waals surface area contributed by atoms with Crippen molar-refractivity contribution in [3.8, 4) is 11.5 Å². The maximum atomic E-state index is 12.3. The number of ether oxygens (including phenoxy) is 2. The first kappa shape index (κ1) is 22.7. The highest BCUT2D eigenvalue weighted by molar-refractivity contribution is 6.02. The first-order valence-electron chi connectivity index (χ1n) is 9.55. The van der Waals surface area contributed by atoms with E-state index in [-0.39, 0.29) is 11.8 Å². The number of hydrogen-bond donors (Lipinski definition) is 2. The van der Waals surface area contributed by atoms with Gasteiger partial charge in [-0.25, -0.2) is 0 Å². The minimum atomic E-state index is -0.505. The smallest absolute Gasteiger partial charge is 0.248 e. The number of hydrogen-bond acceptors (Lipinski definition) is 4. The highest BCUT2D eigenvalue weighted by Gasteiger charge is 2.21. The molecule has 0 unspecified atom stereocenters. The molecule has 0 radical (unpaired) electrons. The molecule has 158 valence electrons. The fourth-order valence-corrected chi connectivity index (χ4v) is 2.40. The standard InChI is InChI=1S/C24H28N2O4/c1-6-14-30-20-12-10-17(15-21(20)29-5)11-13-22(27)25-18-8-7-9-19(16-18)26-23(28)24(2,3)4/h6-13,15-16H,1,14H2,2-5H3,(H,25,27)(H,26,28)/b13-11+. The molecule has 2 amide bonds. The molecule has 2 N–H and O–H groups in total. The Morgan fingerprint density at radius 3 is 2.37 bits per heavy atom. The summed E-state index contributed by atoms with van der Waals surface area (Å²) in [6, 6.07) is 12.4. The number of anilines is 2. The fraction of sp³-hybridized carbons (Fsp3) is 0.250. The molecule has 0 aliphatic carbocycles. The van der Waals surface area contributed by atoms with Crippen molar-refractivity contribution in [1.29, 1.82) is 0 Å². The van der Waals surface area contributed by atoms with Crippen LogP contribution in [0.1, 0.15) is 26.3 Å². The average molecular weight is 408 g/mol. The number of amides is 2. The third kappa shape index (κ3) is 6.81. The Kier molecular flexibility index (Phi) is 7.81. The van der Waals surface area contributed by atoms with Crippen LogP contribution in [0.25, 0.3) is 6.08 Å². The third-order valence-electron chi connectivity index (χ3n) is 4.04. The molecule has 0 saturated heterocycles. The van der Waals surface area contributed by atoms with Gasteiger partial charge in [0, 0.05) is 22.9 Å². The van der Waals surface area contributed by atoms with Crippen molar-refractivity contribution in [1.82, 2.24) is 0 Å². The van der Waals surface area contributed by atoms with Crippen LogP contribution < -0.4 is 20.1 Å². The zero-order chi connectivity index (χ0) is 22.1. The summed E-state index contributed by atoms with van der Waals surface area (Å²) in [7, 11) is 1.56. The van der Waals surface area contributed by atoms with Crippen LogP contribution in [-0.4, -0.2) is 25.5 Å². The third-order valence-corrected chi connectivity index (χ3v) is 4.04. The van der Waals surface area contributed by atoms with Crippen molar-refractivity contribution in [2.45, 2.75) is 20.8 Å². The molecule has 6 nitrogen and oxygen atoms in total. The second kappa shape index (κ2) is 10.3. The van der Waals surface area contributed by atoms with E-state index in [0.29, 0.717) is 29.5 Å². The summed E-state index contributed by atoms with van der Waals surface area (Å²) in [6.45, 7) is 9.52. The minimum absolute atomic E-state index is 0.0969. The summed E-state index contributed by atoms with van der Waals surface area (Å²) in [6.07, 6.45) is 4.76. The van der Waals surface area contributed by atoms with E-state index in [2.05, 4.69) is 17.2 Å². The van der Waals surface area contributed by atoms with Crippen LogP contribution in [0, 0.1) is 5.41 Å². The molecular weight excluding hydrogens is 380 g/mol. The van der Waals surface area contributed by atoms with Gasteiger partial charge >= 0.3 is 0 Å². The Balaban J connectivity index is 2.03. The molecule has 0 aliphatic rings. The van der Waals surface area contributed by atoms with E-state index in [0.717, 1.165) is 5.56 Å². The summed E-state index contributed by atoms with van der Waals surface area (Å²) in [5.74, 6) is 0.787. The summed E-state index contributed by atoms with van der Waals surface area (Å²) >= 11 is 0. The second-order valence-electron chi connectivity index (χ2n) is 7.62. The van der Waals surface area contributed by atoms with Crippen LogP contribution in [0.15, 0.2) is 61.2 Å². The predicted molar refractivity (Wildman–Crippen MR) is 121 cm³/mol. The quantitative estimate of drug-likeness (QED) is 0.481. The lowest BCUT2D eigenvalue weighted by molar-refractivity contribution is -0.123. The Bertz CT molecular complexity index is 942. The minimum Gasteiger partial charge on any atom is -0.493 e. The van der Waals surface area contributed by atoms with Gasteiger partial charge in [0.25, 0.3) is 0 Å². The van der Waals surface area contributed by atoms with Gasteiger partial charge < -0.3 is 20.1 Å². The first-order valence-corrected chi connectivity index (χ1v) is 9.55. The number of benzene rings is 2. The summed E-state index contributed by atoms with van der Waals surface area (Å²) in [5.41, 5.74) is 1.49. The monoisotopic (exact) mass is 408 g/mol. The lowest BCUT2D eigenvalue weighted by Gasteiger charge is -2.18. The van der Waals surface area contributed by atoms with Crippen molar-refractivity contribution >= 4 is 29.3 Å². The van der Waals surface area contributed by atoms with Gasteiger partial charge in [-0.05, 0) is 42.0 Å². The lowest BCUT2D eigenvalue weighted by Crippen LogP contribution is -2.27. The molecule has 2 aromatic rings. The molecule has 0 saturated carbocycles. The van der Waals surface area contributed by atoms with Gasteiger partial charge in [0.05, 0.1) is 7.11 Å². The average Bonchev–Trinajstić information content (AvgIpc) is 2.70. The molecule has 30 heavy (non-hydrogen) atoms. The van der Waals surface area contributed by atoms with Crippen molar-refractivity contribution in [3.63, 3.8) is 0 Å². The zero-order valence-corrected chi connectivity index (χ0v) is 17.8. The molecule has 0 heterocycles. The van der Waals surface area contributed by atoms with Crippen LogP contribution in [-0.2, 0) is 9.59 Å². The van der Waals surface area contributed by atoms with Crippen LogP contribution in [0.2, 0.25) is 0 Å². The van der Waals surface area contributed by atoms with Gasteiger partial charge in [0.1, 0.15) is 6.61 Å². The van der Waals surface area contributed by atoms with Crippen molar-refractivity contribution in [3.05, 3.63) is 66.8 Å². The fourth-order valence-electron chi connectivity index (χ4n) is 2.40. The molecule has 0 fully saturated rings. The normalized spacial score (nSPS) is 11.1. The first-order chi connectivity index (χ1) is 14.2. The number of carbonyl (C=O) groups is 2. The molecule has 2 aromatic carbocycles. The van der Waals surface area contributed by atoms with Crippen LogP contribution in [0.3, 0.4) is 0 Å². The highest BCUT2D eigenvalue weighted by atomic mass is 16.5. The molecule has 0 aliphatic heterocycles. The predicted octanol–water partition coefficient (Wildman–Crippen LogP) is 4.90. The summed E-state index contributed by atoms with van der Waals surface area (Å²) < 4.78 is 10.8. The number of methoxy groups -OCH3 is 1. The molecule has 0 bridgehead atoms. The zero-order valence-electron chi connectivity index (χ0n) is 17.8. The van der Waals surface area contributed by atoms with Gasteiger partial charge in [-0.15, -0.1) is 0 Å². The van der Waals surface area contributed by atoms with E-state index in [1.165, 1.54) is 6.08 Å². The molecule has 2 rings (SSSR count). The Morgan fingerprint density at radius 1 is 1.03 bits per heavy atom. The van der Waals surface area contributed by atoms with E-state index in [9.17, 15) is 9.59 Å².